The van der Waals surface area contributed by atoms with Crippen molar-refractivity contribution in [2.24, 2.45) is 0 Å². The normalized spacial score (nSPS) is 15.6. The van der Waals surface area contributed by atoms with E-state index < -0.39 is 0 Å². The summed E-state index contributed by atoms with van der Waals surface area (Å²) in [6.07, 6.45) is 1.77. The minimum Gasteiger partial charge on any atom is -0.493 e. The molecule has 1 N–H and O–H groups in total. The van der Waals surface area contributed by atoms with Crippen LogP contribution in [0.15, 0.2) is 12.3 Å². The van der Waals surface area contributed by atoms with Crippen LogP contribution in [0.25, 0.3) is 0 Å². The zero-order chi connectivity index (χ0) is 13.0. The molecule has 0 atom stereocenters. The number of nitrogens with zero attached hydrogens (tertiary/aromatic N) is 2. The molecular formula is C13H21N3O2. The van der Waals surface area contributed by atoms with Crippen molar-refractivity contribution in [1.82, 2.24) is 15.2 Å². The molecule has 100 valence electrons. The molecule has 5 heteroatoms. The number of ether oxygens (including phenoxy) is 2. The van der Waals surface area contributed by atoms with Crippen LogP contribution in [0.3, 0.4) is 0 Å². The van der Waals surface area contributed by atoms with Gasteiger partial charge in [0.05, 0.1) is 14.2 Å². The Morgan fingerprint density at radius 1 is 1.39 bits per heavy atom. The Morgan fingerprint density at radius 3 is 2.67 bits per heavy atom. The fourth-order valence-corrected chi connectivity index (χ4v) is 2.19. The van der Waals surface area contributed by atoms with Crippen molar-refractivity contribution in [3.8, 4) is 11.5 Å². The summed E-state index contributed by atoms with van der Waals surface area (Å²) in [6.45, 7) is 6.09. The zero-order valence-electron chi connectivity index (χ0n) is 11.3. The van der Waals surface area contributed by atoms with Crippen LogP contribution in [0.5, 0.6) is 11.5 Å². The van der Waals surface area contributed by atoms with Crippen molar-refractivity contribution in [2.45, 2.75) is 19.5 Å². The maximum absolute atomic E-state index is 5.41. The predicted octanol–water partition coefficient (Wildman–Crippen LogP) is 0.892. The van der Waals surface area contributed by atoms with Gasteiger partial charge in [0.15, 0.2) is 11.5 Å². The minimum atomic E-state index is 0.604. The number of aromatic nitrogens is 1. The minimum absolute atomic E-state index is 0.604. The van der Waals surface area contributed by atoms with Gasteiger partial charge in [-0.05, 0) is 6.54 Å². The molecule has 0 amide bonds. The fourth-order valence-electron chi connectivity index (χ4n) is 2.19. The van der Waals surface area contributed by atoms with E-state index in [1.165, 1.54) is 0 Å². The molecule has 0 spiro atoms. The van der Waals surface area contributed by atoms with Crippen molar-refractivity contribution >= 4 is 0 Å². The van der Waals surface area contributed by atoms with Gasteiger partial charge in [-0.15, -0.1) is 0 Å². The largest absolute Gasteiger partial charge is 0.493 e. The summed E-state index contributed by atoms with van der Waals surface area (Å²) < 4.78 is 10.7. The molecule has 0 bridgehead atoms. The maximum atomic E-state index is 5.41. The number of likely N-dealkylation sites (N-methyl/N-ethyl adjacent to an activating group) is 1. The van der Waals surface area contributed by atoms with E-state index in [1.807, 2.05) is 6.07 Å². The molecule has 1 aromatic heterocycles. The molecule has 1 saturated heterocycles. The van der Waals surface area contributed by atoms with Gasteiger partial charge in [-0.1, -0.05) is 6.92 Å². The fraction of sp³-hybridized carbons (Fsp3) is 0.615. The third kappa shape index (κ3) is 2.57. The number of nitrogens with one attached hydrogen (secondary N) is 1. The third-order valence-electron chi connectivity index (χ3n) is 3.40. The first-order chi connectivity index (χ1) is 8.80. The number of hydrogen-bond acceptors (Lipinski definition) is 5. The van der Waals surface area contributed by atoms with Crippen LogP contribution in [-0.4, -0.2) is 49.8 Å². The van der Waals surface area contributed by atoms with Gasteiger partial charge in [-0.3, -0.25) is 9.88 Å². The first-order valence-electron chi connectivity index (χ1n) is 6.30. The molecule has 0 aliphatic carbocycles. The monoisotopic (exact) mass is 251 g/mol. The van der Waals surface area contributed by atoms with E-state index >= 15 is 0 Å². The first kappa shape index (κ1) is 13.1. The number of hydrogen-bond donors (Lipinski definition) is 1. The van der Waals surface area contributed by atoms with Crippen LogP contribution in [0.2, 0.25) is 0 Å². The van der Waals surface area contributed by atoms with E-state index in [1.54, 1.807) is 20.4 Å². The van der Waals surface area contributed by atoms with Gasteiger partial charge in [0.2, 0.25) is 0 Å². The quantitative estimate of drug-likeness (QED) is 0.813. The van der Waals surface area contributed by atoms with Gasteiger partial charge in [-0.25, -0.2) is 0 Å². The Balaban J connectivity index is 2.16. The lowest BCUT2D eigenvalue weighted by Gasteiger charge is -2.37. The van der Waals surface area contributed by atoms with Crippen molar-refractivity contribution in [3.63, 3.8) is 0 Å². The van der Waals surface area contributed by atoms with E-state index in [4.69, 9.17) is 9.47 Å². The highest BCUT2D eigenvalue weighted by Crippen LogP contribution is 2.30. The standard InChI is InChI=1S/C13H21N3O2/c1-4-16(10-7-14-8-10)9-11-13(18-3)12(17-2)5-6-15-11/h5-6,10,14H,4,7-9H2,1-3H3. The zero-order valence-corrected chi connectivity index (χ0v) is 11.3. The van der Waals surface area contributed by atoms with Gasteiger partial charge in [-0.2, -0.15) is 0 Å². The van der Waals surface area contributed by atoms with Gasteiger partial charge < -0.3 is 14.8 Å². The highest BCUT2D eigenvalue weighted by atomic mass is 16.5. The highest BCUT2D eigenvalue weighted by Gasteiger charge is 2.25. The Kier molecular flexibility index (Phi) is 4.38. The summed E-state index contributed by atoms with van der Waals surface area (Å²) in [5.74, 6) is 1.48. The molecule has 0 aromatic carbocycles. The summed E-state index contributed by atoms with van der Waals surface area (Å²) in [5, 5.41) is 3.29. The lowest BCUT2D eigenvalue weighted by atomic mass is 10.1. The van der Waals surface area contributed by atoms with E-state index in [0.717, 1.165) is 43.4 Å². The summed E-state index contributed by atoms with van der Waals surface area (Å²) in [5.41, 5.74) is 0.936. The summed E-state index contributed by atoms with van der Waals surface area (Å²) in [4.78, 5) is 6.82. The topological polar surface area (TPSA) is 46.6 Å². The van der Waals surface area contributed by atoms with Gasteiger partial charge in [0, 0.05) is 37.9 Å². The Morgan fingerprint density at radius 2 is 2.17 bits per heavy atom. The van der Waals surface area contributed by atoms with E-state index in [-0.39, 0.29) is 0 Å². The van der Waals surface area contributed by atoms with Crippen LogP contribution >= 0.6 is 0 Å². The number of pyridine rings is 1. The predicted molar refractivity (Wildman–Crippen MR) is 70.1 cm³/mol. The van der Waals surface area contributed by atoms with E-state index in [0.29, 0.717) is 6.04 Å². The summed E-state index contributed by atoms with van der Waals surface area (Å²) >= 11 is 0. The average Bonchev–Trinajstić information content (AvgIpc) is 2.35. The smallest absolute Gasteiger partial charge is 0.183 e. The van der Waals surface area contributed by atoms with Crippen LogP contribution in [0.4, 0.5) is 0 Å². The van der Waals surface area contributed by atoms with Gasteiger partial charge in [0.25, 0.3) is 0 Å². The Bertz CT molecular complexity index is 394. The van der Waals surface area contributed by atoms with Crippen LogP contribution in [0, 0.1) is 0 Å². The Hall–Kier alpha value is -1.33. The molecule has 1 fully saturated rings. The van der Waals surface area contributed by atoms with Crippen molar-refractivity contribution in [2.75, 3.05) is 33.9 Å². The molecule has 1 aliphatic heterocycles. The first-order valence-corrected chi connectivity index (χ1v) is 6.30. The third-order valence-corrected chi connectivity index (χ3v) is 3.40. The molecule has 0 unspecified atom stereocenters. The summed E-state index contributed by atoms with van der Waals surface area (Å²) in [7, 11) is 3.30. The lowest BCUT2D eigenvalue weighted by molar-refractivity contribution is 0.142. The van der Waals surface area contributed by atoms with Crippen molar-refractivity contribution < 1.29 is 9.47 Å². The Labute approximate surface area is 108 Å². The maximum Gasteiger partial charge on any atom is 0.183 e. The second-order valence-electron chi connectivity index (χ2n) is 4.37. The second kappa shape index (κ2) is 6.02. The molecule has 18 heavy (non-hydrogen) atoms. The van der Waals surface area contributed by atoms with E-state index in [9.17, 15) is 0 Å². The molecule has 1 aliphatic rings. The average molecular weight is 251 g/mol. The summed E-state index contributed by atoms with van der Waals surface area (Å²) in [6, 6.07) is 2.43. The second-order valence-corrected chi connectivity index (χ2v) is 4.37. The molecule has 1 aromatic rings. The van der Waals surface area contributed by atoms with Crippen molar-refractivity contribution in [3.05, 3.63) is 18.0 Å². The van der Waals surface area contributed by atoms with Gasteiger partial charge >= 0.3 is 0 Å². The van der Waals surface area contributed by atoms with Gasteiger partial charge in [0.1, 0.15) is 5.69 Å². The SMILES string of the molecule is CCN(Cc1nccc(OC)c1OC)C1CNC1. The van der Waals surface area contributed by atoms with Crippen LogP contribution in [-0.2, 0) is 6.54 Å². The van der Waals surface area contributed by atoms with Crippen LogP contribution < -0.4 is 14.8 Å². The molecule has 5 nitrogen and oxygen atoms in total. The molecule has 2 heterocycles. The molecule has 0 radical (unpaired) electrons. The highest BCUT2D eigenvalue weighted by molar-refractivity contribution is 5.42. The van der Waals surface area contributed by atoms with E-state index in [2.05, 4.69) is 22.1 Å². The molecular weight excluding hydrogens is 230 g/mol. The molecule has 2 rings (SSSR count). The van der Waals surface area contributed by atoms with Crippen molar-refractivity contribution in [1.29, 1.82) is 0 Å². The lowest BCUT2D eigenvalue weighted by Crippen LogP contribution is -2.56. The number of methoxy groups -OCH3 is 2. The number of rotatable bonds is 6. The van der Waals surface area contributed by atoms with Crippen LogP contribution in [0.1, 0.15) is 12.6 Å². The molecule has 0 saturated carbocycles.